The molecule has 0 amide bonds. The Morgan fingerprint density at radius 1 is 1.14 bits per heavy atom. The molecule has 2 aliphatic heterocycles. The number of hydrogen-bond acceptors (Lipinski definition) is 11. The third-order valence-corrected chi connectivity index (χ3v) is 6.30. The first-order chi connectivity index (χ1) is 17.0. The molecule has 0 saturated carbocycles. The van der Waals surface area contributed by atoms with E-state index in [1.807, 2.05) is 28.8 Å². The topological polar surface area (TPSA) is 148 Å². The van der Waals surface area contributed by atoms with Crippen molar-refractivity contribution in [1.82, 2.24) is 34.5 Å². The van der Waals surface area contributed by atoms with Crippen molar-refractivity contribution in [1.29, 1.82) is 0 Å². The Kier molecular flexibility index (Phi) is 5.24. The van der Waals surface area contributed by atoms with Crippen LogP contribution in [0.3, 0.4) is 0 Å². The van der Waals surface area contributed by atoms with Crippen LogP contribution in [-0.4, -0.2) is 83.7 Å². The van der Waals surface area contributed by atoms with Gasteiger partial charge in [-0.1, -0.05) is 17.3 Å². The standard InChI is InChI=1S/C22H25N9O4/c1-12-9-34-10-13-11-35-18-15(8-29-17(20(32)33)7-24-28-29)26-22(27-19(18)30(12)13)31-16-6-4-3-5-14(16)25-21(31)23-2/h3-7,12-13,20,32-33H,8-11H2,1-2H3,(H,23,25)/t12-,13+/m1/s1. The van der Waals surface area contributed by atoms with E-state index in [0.717, 1.165) is 11.0 Å². The maximum atomic E-state index is 9.74. The third kappa shape index (κ3) is 3.55. The molecule has 2 atom stereocenters. The van der Waals surface area contributed by atoms with E-state index in [0.29, 0.717) is 49.0 Å². The Morgan fingerprint density at radius 2 is 2.00 bits per heavy atom. The molecule has 13 heteroatoms. The summed E-state index contributed by atoms with van der Waals surface area (Å²) in [6.07, 6.45) is -0.414. The highest BCUT2D eigenvalue weighted by molar-refractivity contribution is 5.80. The molecule has 13 nitrogen and oxygen atoms in total. The van der Waals surface area contributed by atoms with Crippen molar-refractivity contribution in [3.63, 3.8) is 0 Å². The van der Waals surface area contributed by atoms with Gasteiger partial charge in [0.1, 0.15) is 18.0 Å². The highest BCUT2D eigenvalue weighted by Gasteiger charge is 2.38. The molecule has 0 bridgehead atoms. The van der Waals surface area contributed by atoms with Crippen LogP contribution in [0.5, 0.6) is 5.75 Å². The summed E-state index contributed by atoms with van der Waals surface area (Å²) in [5.41, 5.74) is 2.33. The average Bonchev–Trinajstić information content (AvgIpc) is 3.48. The maximum absolute atomic E-state index is 9.74. The molecule has 35 heavy (non-hydrogen) atoms. The number of morpholine rings is 1. The van der Waals surface area contributed by atoms with E-state index >= 15 is 0 Å². The van der Waals surface area contributed by atoms with Gasteiger partial charge in [-0.15, -0.1) is 5.10 Å². The van der Waals surface area contributed by atoms with Crippen LogP contribution in [0.1, 0.15) is 24.6 Å². The van der Waals surface area contributed by atoms with Crippen molar-refractivity contribution in [3.8, 4) is 11.7 Å². The van der Waals surface area contributed by atoms with Crippen LogP contribution in [-0.2, 0) is 11.3 Å². The molecule has 6 rings (SSSR count). The summed E-state index contributed by atoms with van der Waals surface area (Å²) in [4.78, 5) is 16.7. The third-order valence-electron chi connectivity index (χ3n) is 6.30. The molecular formula is C22H25N9O4. The number of para-hydroxylation sites is 2. The number of anilines is 2. The molecular weight excluding hydrogens is 454 g/mol. The van der Waals surface area contributed by atoms with Gasteiger partial charge in [0.05, 0.1) is 49.1 Å². The monoisotopic (exact) mass is 479 g/mol. The van der Waals surface area contributed by atoms with Gasteiger partial charge in [-0.3, -0.25) is 0 Å². The predicted octanol–water partition coefficient (Wildman–Crippen LogP) is 0.466. The second kappa shape index (κ2) is 8.45. The number of rotatable bonds is 5. The molecule has 1 aromatic carbocycles. The van der Waals surface area contributed by atoms with Gasteiger partial charge in [0.2, 0.25) is 11.9 Å². The first kappa shape index (κ1) is 21.7. The van der Waals surface area contributed by atoms with Crippen LogP contribution in [0.2, 0.25) is 0 Å². The zero-order valence-electron chi connectivity index (χ0n) is 19.2. The Balaban J connectivity index is 1.57. The summed E-state index contributed by atoms with van der Waals surface area (Å²) in [6.45, 7) is 3.74. The fourth-order valence-corrected chi connectivity index (χ4v) is 4.71. The van der Waals surface area contributed by atoms with E-state index in [9.17, 15) is 10.2 Å². The number of aromatic nitrogens is 7. The van der Waals surface area contributed by atoms with Gasteiger partial charge in [-0.25, -0.2) is 19.2 Å². The number of nitrogens with one attached hydrogen (secondary N) is 1. The predicted molar refractivity (Wildman–Crippen MR) is 125 cm³/mol. The number of aliphatic hydroxyl groups is 2. The molecule has 5 heterocycles. The molecule has 0 radical (unpaired) electrons. The van der Waals surface area contributed by atoms with E-state index in [4.69, 9.17) is 19.4 Å². The molecule has 0 aliphatic carbocycles. The Labute approximate surface area is 199 Å². The zero-order valence-corrected chi connectivity index (χ0v) is 19.2. The second-order valence-corrected chi connectivity index (χ2v) is 8.58. The smallest absolute Gasteiger partial charge is 0.239 e. The molecule has 4 aromatic rings. The lowest BCUT2D eigenvalue weighted by Gasteiger charge is -2.44. The van der Waals surface area contributed by atoms with Gasteiger partial charge in [-0.2, -0.15) is 4.98 Å². The number of fused-ring (bicyclic) bond motifs is 4. The Bertz CT molecular complexity index is 1380. The largest absolute Gasteiger partial charge is 0.486 e. The fourth-order valence-electron chi connectivity index (χ4n) is 4.71. The summed E-state index contributed by atoms with van der Waals surface area (Å²) >= 11 is 0. The van der Waals surface area contributed by atoms with E-state index < -0.39 is 6.29 Å². The average molecular weight is 480 g/mol. The maximum Gasteiger partial charge on any atom is 0.239 e. The number of benzene rings is 1. The van der Waals surface area contributed by atoms with E-state index in [2.05, 4.69) is 32.4 Å². The Morgan fingerprint density at radius 3 is 2.83 bits per heavy atom. The van der Waals surface area contributed by atoms with Crippen molar-refractivity contribution >= 4 is 22.8 Å². The van der Waals surface area contributed by atoms with Crippen LogP contribution in [0.15, 0.2) is 30.5 Å². The van der Waals surface area contributed by atoms with Crippen LogP contribution in [0, 0.1) is 0 Å². The highest BCUT2D eigenvalue weighted by atomic mass is 16.5. The first-order valence-electron chi connectivity index (χ1n) is 11.3. The van der Waals surface area contributed by atoms with E-state index in [1.54, 1.807) is 7.05 Å². The van der Waals surface area contributed by atoms with E-state index in [1.165, 1.54) is 10.9 Å². The van der Waals surface area contributed by atoms with Crippen LogP contribution >= 0.6 is 0 Å². The molecule has 1 saturated heterocycles. The van der Waals surface area contributed by atoms with Gasteiger partial charge < -0.3 is 29.9 Å². The van der Waals surface area contributed by atoms with E-state index in [-0.39, 0.29) is 24.3 Å². The first-order valence-corrected chi connectivity index (χ1v) is 11.3. The minimum atomic E-state index is -1.72. The lowest BCUT2D eigenvalue weighted by molar-refractivity contribution is -0.0488. The summed E-state index contributed by atoms with van der Waals surface area (Å²) in [5, 5.41) is 30.5. The highest BCUT2D eigenvalue weighted by Crippen LogP contribution is 2.39. The van der Waals surface area contributed by atoms with Crippen molar-refractivity contribution < 1.29 is 19.7 Å². The molecule has 3 N–H and O–H groups in total. The summed E-state index contributed by atoms with van der Waals surface area (Å²) in [5.74, 6) is 2.18. The minimum absolute atomic E-state index is 0.0198. The van der Waals surface area contributed by atoms with Gasteiger partial charge >= 0.3 is 0 Å². The Hall–Kier alpha value is -3.81. The van der Waals surface area contributed by atoms with Crippen molar-refractivity contribution in [2.75, 3.05) is 37.1 Å². The lowest BCUT2D eigenvalue weighted by Crippen LogP contribution is -2.56. The SMILES string of the molecule is CNc1nc2ccccc2n1-c1nc(Cn2nncc2C(O)O)c2c(n1)N1[C@@H](COC[C@H]1C)CO2. The van der Waals surface area contributed by atoms with Crippen LogP contribution < -0.4 is 15.0 Å². The molecule has 1 fully saturated rings. The van der Waals surface area contributed by atoms with Gasteiger partial charge in [0.15, 0.2) is 17.9 Å². The summed E-state index contributed by atoms with van der Waals surface area (Å²) < 4.78 is 15.2. The number of hydrogen-bond donors (Lipinski definition) is 3. The fraction of sp³-hybridized carbons (Fsp3) is 0.409. The second-order valence-electron chi connectivity index (χ2n) is 8.58. The summed E-state index contributed by atoms with van der Waals surface area (Å²) in [7, 11) is 1.80. The van der Waals surface area contributed by atoms with Gasteiger partial charge in [0.25, 0.3) is 0 Å². The number of imidazole rings is 1. The molecule has 3 aromatic heterocycles. The van der Waals surface area contributed by atoms with Gasteiger partial charge in [0, 0.05) is 7.05 Å². The summed E-state index contributed by atoms with van der Waals surface area (Å²) in [6, 6.07) is 7.85. The quantitative estimate of drug-likeness (QED) is 0.343. The molecule has 2 aliphatic rings. The van der Waals surface area contributed by atoms with Crippen molar-refractivity contribution in [3.05, 3.63) is 41.9 Å². The molecule has 0 spiro atoms. The van der Waals surface area contributed by atoms with Crippen LogP contribution in [0.25, 0.3) is 17.0 Å². The van der Waals surface area contributed by atoms with Gasteiger partial charge in [-0.05, 0) is 19.1 Å². The lowest BCUT2D eigenvalue weighted by atomic mass is 10.1. The van der Waals surface area contributed by atoms with Crippen LogP contribution in [0.4, 0.5) is 11.8 Å². The van der Waals surface area contributed by atoms with Crippen molar-refractivity contribution in [2.45, 2.75) is 31.8 Å². The van der Waals surface area contributed by atoms with Crippen molar-refractivity contribution in [2.24, 2.45) is 0 Å². The molecule has 182 valence electrons. The number of nitrogens with zero attached hydrogens (tertiary/aromatic N) is 8. The number of ether oxygens (including phenoxy) is 2. The molecule has 0 unspecified atom stereocenters. The zero-order chi connectivity index (χ0) is 24.1. The normalized spacial score (nSPS) is 19.5. The number of aliphatic hydroxyl groups excluding tert-OH is 1. The minimum Gasteiger partial charge on any atom is -0.486 e.